The molecule has 2 atom stereocenters. The van der Waals surface area contributed by atoms with Crippen LogP contribution in [0.1, 0.15) is 32.3 Å². The zero-order valence-corrected chi connectivity index (χ0v) is 21.6. The Balaban J connectivity index is 1.54. The van der Waals surface area contributed by atoms with Crippen LogP contribution in [0, 0.1) is 5.41 Å². The van der Waals surface area contributed by atoms with Gasteiger partial charge in [0.25, 0.3) is 5.91 Å². The topological polar surface area (TPSA) is 117 Å². The second-order valence-electron chi connectivity index (χ2n) is 10.3. The molecule has 0 bridgehead atoms. The third-order valence-electron chi connectivity index (χ3n) is 6.87. The number of para-hydroxylation sites is 1. The van der Waals surface area contributed by atoms with Crippen molar-refractivity contribution in [3.8, 4) is 5.75 Å². The highest BCUT2D eigenvalue weighted by Crippen LogP contribution is 2.38. The molecule has 1 fully saturated rings. The number of nitrogens with zero attached hydrogens (tertiary/aromatic N) is 3. The van der Waals surface area contributed by atoms with Crippen molar-refractivity contribution in [3.63, 3.8) is 0 Å². The van der Waals surface area contributed by atoms with Crippen molar-refractivity contribution in [2.45, 2.75) is 44.7 Å². The minimum Gasteiger partial charge on any atom is -0.494 e. The average Bonchev–Trinajstić information content (AvgIpc) is 3.12. The molecule has 0 radical (unpaired) electrons. The number of hydrogen-bond donors (Lipinski definition) is 2. The van der Waals surface area contributed by atoms with E-state index in [2.05, 4.69) is 10.4 Å². The summed E-state index contributed by atoms with van der Waals surface area (Å²) in [6.07, 6.45) is 1.19. The number of fused-ring (bicyclic) bond motifs is 1. The number of likely N-dealkylation sites (tertiary alicyclic amines) is 1. The Morgan fingerprint density at radius 2 is 1.78 bits per heavy atom. The Labute approximate surface area is 217 Å². The Morgan fingerprint density at radius 1 is 1.14 bits per heavy atom. The zero-order valence-electron chi connectivity index (χ0n) is 21.6. The van der Waals surface area contributed by atoms with Gasteiger partial charge in [-0.15, -0.1) is 0 Å². The maximum atomic E-state index is 13.8. The third-order valence-corrected chi connectivity index (χ3v) is 6.87. The number of nitrogens with two attached hydrogens (primary N) is 1. The van der Waals surface area contributed by atoms with Crippen molar-refractivity contribution in [2.75, 3.05) is 26.7 Å². The van der Waals surface area contributed by atoms with Crippen LogP contribution in [0.15, 0.2) is 65.8 Å². The lowest BCUT2D eigenvalue weighted by molar-refractivity contribution is -0.142. The monoisotopic (exact) mass is 505 g/mol. The minimum atomic E-state index is -1.15. The summed E-state index contributed by atoms with van der Waals surface area (Å²) in [4.78, 5) is 41.7. The Kier molecular flexibility index (Phi) is 7.63. The van der Waals surface area contributed by atoms with Gasteiger partial charge in [0.1, 0.15) is 17.2 Å². The number of nitrogens with one attached hydrogen (secondary N) is 1. The molecule has 0 saturated carbocycles. The number of piperidine rings is 1. The van der Waals surface area contributed by atoms with Gasteiger partial charge in [0.05, 0.1) is 17.9 Å². The van der Waals surface area contributed by atoms with Gasteiger partial charge in [0.15, 0.2) is 0 Å². The van der Waals surface area contributed by atoms with E-state index in [0.717, 1.165) is 11.3 Å². The van der Waals surface area contributed by atoms with E-state index in [4.69, 9.17) is 10.5 Å². The summed E-state index contributed by atoms with van der Waals surface area (Å²) in [6.45, 7) is 4.02. The molecular weight excluding hydrogens is 470 g/mol. The van der Waals surface area contributed by atoms with Crippen LogP contribution in [-0.2, 0) is 20.8 Å². The third kappa shape index (κ3) is 5.83. The predicted molar refractivity (Wildman–Crippen MR) is 141 cm³/mol. The molecule has 9 heteroatoms. The average molecular weight is 506 g/mol. The molecule has 2 aliphatic heterocycles. The minimum absolute atomic E-state index is 0.125. The summed E-state index contributed by atoms with van der Waals surface area (Å²) in [5.74, 6) is -0.136. The first-order chi connectivity index (χ1) is 17.6. The Morgan fingerprint density at radius 3 is 2.43 bits per heavy atom. The van der Waals surface area contributed by atoms with E-state index in [1.807, 2.05) is 60.7 Å². The smallest absolute Gasteiger partial charge is 0.256 e. The van der Waals surface area contributed by atoms with E-state index in [-0.39, 0.29) is 31.4 Å². The first-order valence-corrected chi connectivity index (χ1v) is 12.6. The van der Waals surface area contributed by atoms with E-state index in [0.29, 0.717) is 25.1 Å². The molecular formula is C28H35N5O4. The fourth-order valence-corrected chi connectivity index (χ4v) is 4.85. The highest BCUT2D eigenvalue weighted by molar-refractivity contribution is 6.13. The molecule has 2 aliphatic rings. The lowest BCUT2D eigenvalue weighted by atomic mass is 9.73. The van der Waals surface area contributed by atoms with Gasteiger partial charge in [-0.2, -0.15) is 5.10 Å². The SMILES string of the molecule is CN1N=C2CCN(C(=O)[C@@H](CCOc3ccccc3)NC(=O)C(C)(C)N)C[C@@]2(Cc2ccccc2)C1=O. The van der Waals surface area contributed by atoms with Gasteiger partial charge in [-0.25, -0.2) is 5.01 Å². The number of carbonyl (C=O) groups excluding carboxylic acids is 3. The highest BCUT2D eigenvalue weighted by atomic mass is 16.5. The van der Waals surface area contributed by atoms with Gasteiger partial charge in [-0.3, -0.25) is 14.4 Å². The summed E-state index contributed by atoms with van der Waals surface area (Å²) in [5.41, 5.74) is 5.72. The van der Waals surface area contributed by atoms with E-state index < -0.39 is 22.9 Å². The van der Waals surface area contributed by atoms with Gasteiger partial charge in [-0.05, 0) is 38.0 Å². The Bertz CT molecular complexity index is 1160. The van der Waals surface area contributed by atoms with Crippen LogP contribution in [0.2, 0.25) is 0 Å². The molecule has 3 N–H and O–H groups in total. The molecule has 0 unspecified atom stereocenters. The Hall–Kier alpha value is -3.72. The van der Waals surface area contributed by atoms with Gasteiger partial charge < -0.3 is 20.7 Å². The summed E-state index contributed by atoms with van der Waals surface area (Å²) < 4.78 is 5.81. The van der Waals surface area contributed by atoms with Crippen molar-refractivity contribution in [3.05, 3.63) is 66.2 Å². The molecule has 2 aromatic carbocycles. The largest absolute Gasteiger partial charge is 0.494 e. The molecule has 9 nitrogen and oxygen atoms in total. The molecule has 0 spiro atoms. The van der Waals surface area contributed by atoms with Gasteiger partial charge in [-0.1, -0.05) is 48.5 Å². The van der Waals surface area contributed by atoms with E-state index in [1.165, 1.54) is 5.01 Å². The van der Waals surface area contributed by atoms with Crippen LogP contribution in [-0.4, -0.2) is 71.7 Å². The number of carbonyl (C=O) groups is 3. The quantitative estimate of drug-likeness (QED) is 0.540. The number of benzene rings is 2. The lowest BCUT2D eigenvalue weighted by Gasteiger charge is -2.41. The summed E-state index contributed by atoms with van der Waals surface area (Å²) >= 11 is 0. The molecule has 3 amide bonds. The maximum Gasteiger partial charge on any atom is 0.256 e. The van der Waals surface area contributed by atoms with Crippen molar-refractivity contribution in [1.82, 2.24) is 15.2 Å². The van der Waals surface area contributed by atoms with Crippen molar-refractivity contribution < 1.29 is 19.1 Å². The number of amides is 3. The van der Waals surface area contributed by atoms with Crippen molar-refractivity contribution in [1.29, 1.82) is 0 Å². The van der Waals surface area contributed by atoms with Gasteiger partial charge in [0, 0.05) is 33.0 Å². The molecule has 4 rings (SSSR count). The fraction of sp³-hybridized carbons (Fsp3) is 0.429. The molecule has 2 aromatic rings. The van der Waals surface area contributed by atoms with E-state index >= 15 is 0 Å². The molecule has 0 aromatic heterocycles. The molecule has 2 heterocycles. The highest BCUT2D eigenvalue weighted by Gasteiger charge is 2.53. The molecule has 37 heavy (non-hydrogen) atoms. The first kappa shape index (κ1) is 26.3. The van der Waals surface area contributed by atoms with Gasteiger partial charge in [0.2, 0.25) is 11.8 Å². The predicted octanol–water partition coefficient (Wildman–Crippen LogP) is 1.97. The number of hydrogen-bond acceptors (Lipinski definition) is 6. The van der Waals surface area contributed by atoms with Crippen molar-refractivity contribution >= 4 is 23.4 Å². The fourth-order valence-electron chi connectivity index (χ4n) is 4.85. The van der Waals surface area contributed by atoms with Crippen LogP contribution in [0.5, 0.6) is 5.75 Å². The lowest BCUT2D eigenvalue weighted by Crippen LogP contribution is -2.61. The second-order valence-corrected chi connectivity index (χ2v) is 10.3. The summed E-state index contributed by atoms with van der Waals surface area (Å²) in [7, 11) is 1.65. The van der Waals surface area contributed by atoms with Crippen molar-refractivity contribution in [2.24, 2.45) is 16.3 Å². The van der Waals surface area contributed by atoms with Crippen LogP contribution >= 0.6 is 0 Å². The molecule has 196 valence electrons. The number of ether oxygens (including phenoxy) is 1. The van der Waals surface area contributed by atoms with Gasteiger partial charge >= 0.3 is 0 Å². The van der Waals surface area contributed by atoms with Crippen LogP contribution in [0.3, 0.4) is 0 Å². The summed E-state index contributed by atoms with van der Waals surface area (Å²) in [5, 5.41) is 8.73. The zero-order chi connectivity index (χ0) is 26.6. The number of hydrazone groups is 1. The normalized spacial score (nSPS) is 20.2. The maximum absolute atomic E-state index is 13.8. The molecule has 1 saturated heterocycles. The van der Waals surface area contributed by atoms with E-state index in [1.54, 1.807) is 25.8 Å². The first-order valence-electron chi connectivity index (χ1n) is 12.6. The van der Waals surface area contributed by atoms with Crippen LogP contribution < -0.4 is 15.8 Å². The van der Waals surface area contributed by atoms with Crippen LogP contribution in [0.4, 0.5) is 0 Å². The molecule has 0 aliphatic carbocycles. The van der Waals surface area contributed by atoms with E-state index in [9.17, 15) is 14.4 Å². The summed E-state index contributed by atoms with van der Waals surface area (Å²) in [6, 6.07) is 18.2. The second kappa shape index (κ2) is 10.7. The van der Waals surface area contributed by atoms with Crippen LogP contribution in [0.25, 0.3) is 0 Å². The standard InChI is InChI=1S/C28H35N5O4/c1-27(2,29)25(35)30-22(15-17-37-21-12-8-5-9-13-21)24(34)33-16-14-23-28(19-33,26(36)32(3)31-23)18-20-10-6-4-7-11-20/h4-13,22H,14-19,29H2,1-3H3,(H,30,35)/t22-,28-/m1/s1. The number of rotatable bonds is 9.